The Hall–Kier alpha value is -1.14. The Morgan fingerprint density at radius 1 is 0.511 bits per heavy atom. The molecule has 0 atom stereocenters. The summed E-state index contributed by atoms with van der Waals surface area (Å²) in [5.74, 6) is -0.0984. The van der Waals surface area contributed by atoms with Crippen molar-refractivity contribution in [2.75, 3.05) is 32.8 Å². The zero-order valence-corrected chi connectivity index (χ0v) is 30.4. The SMILES string of the molecule is CCCCCCCCOC(=O)CCCN(CCO)CCCCCCCC(=O)OC(CCCCCCCC)CCCCCCCC. The zero-order valence-electron chi connectivity index (χ0n) is 30.4. The van der Waals surface area contributed by atoms with E-state index in [1.165, 1.54) is 103 Å². The predicted octanol–water partition coefficient (Wildman–Crippen LogP) is 10.7. The smallest absolute Gasteiger partial charge is 0.306 e. The third-order valence-corrected chi connectivity index (χ3v) is 8.95. The monoisotopic (exact) mass is 640 g/mol. The molecule has 1 N–H and O–H groups in total. The zero-order chi connectivity index (χ0) is 33.1. The number of aliphatic hydroxyl groups is 1. The highest BCUT2D eigenvalue weighted by Gasteiger charge is 2.14. The van der Waals surface area contributed by atoms with Gasteiger partial charge >= 0.3 is 11.9 Å². The molecule has 0 aliphatic carbocycles. The lowest BCUT2D eigenvalue weighted by atomic mass is 10.0. The summed E-state index contributed by atoms with van der Waals surface area (Å²) in [5.41, 5.74) is 0. The van der Waals surface area contributed by atoms with Crippen molar-refractivity contribution in [3.05, 3.63) is 0 Å². The van der Waals surface area contributed by atoms with Gasteiger partial charge in [0.1, 0.15) is 6.10 Å². The number of hydrogen-bond acceptors (Lipinski definition) is 6. The fourth-order valence-electron chi connectivity index (χ4n) is 6.01. The first-order valence-electron chi connectivity index (χ1n) is 19.8. The van der Waals surface area contributed by atoms with Crippen molar-refractivity contribution in [2.45, 2.75) is 207 Å². The molecule has 6 heteroatoms. The minimum absolute atomic E-state index is 0.00316. The van der Waals surface area contributed by atoms with Crippen LogP contribution in [0.1, 0.15) is 201 Å². The van der Waals surface area contributed by atoms with E-state index in [1.807, 2.05) is 0 Å². The number of unbranched alkanes of at least 4 members (excludes halogenated alkanes) is 19. The molecule has 0 spiro atoms. The average molecular weight is 640 g/mol. The molecule has 0 saturated carbocycles. The van der Waals surface area contributed by atoms with Crippen molar-refractivity contribution < 1.29 is 24.2 Å². The van der Waals surface area contributed by atoms with E-state index in [1.54, 1.807) is 0 Å². The molecule has 0 rings (SSSR count). The molecule has 268 valence electrons. The highest BCUT2D eigenvalue weighted by Crippen LogP contribution is 2.18. The Balaban J connectivity index is 4.06. The number of aliphatic hydroxyl groups excluding tert-OH is 1. The van der Waals surface area contributed by atoms with E-state index in [2.05, 4.69) is 25.7 Å². The summed E-state index contributed by atoms with van der Waals surface area (Å²) in [7, 11) is 0. The minimum Gasteiger partial charge on any atom is -0.466 e. The number of ether oxygens (including phenoxy) is 2. The fraction of sp³-hybridized carbons (Fsp3) is 0.949. The van der Waals surface area contributed by atoms with E-state index < -0.39 is 0 Å². The van der Waals surface area contributed by atoms with Gasteiger partial charge in [0.2, 0.25) is 0 Å². The third kappa shape index (κ3) is 32.6. The van der Waals surface area contributed by atoms with E-state index in [0.29, 0.717) is 26.0 Å². The molecule has 6 nitrogen and oxygen atoms in total. The Bertz CT molecular complexity index is 613. The molecule has 0 aromatic heterocycles. The van der Waals surface area contributed by atoms with Crippen LogP contribution in [-0.4, -0.2) is 60.9 Å². The second-order valence-corrected chi connectivity index (χ2v) is 13.4. The topological polar surface area (TPSA) is 76.1 Å². The number of rotatable bonds is 36. The average Bonchev–Trinajstić information content (AvgIpc) is 3.03. The van der Waals surface area contributed by atoms with Gasteiger partial charge < -0.3 is 19.5 Å². The van der Waals surface area contributed by atoms with Gasteiger partial charge in [0.15, 0.2) is 0 Å². The highest BCUT2D eigenvalue weighted by atomic mass is 16.5. The summed E-state index contributed by atoms with van der Waals surface area (Å²) < 4.78 is 11.4. The number of esters is 2. The van der Waals surface area contributed by atoms with Crippen LogP contribution in [0.25, 0.3) is 0 Å². The molecule has 45 heavy (non-hydrogen) atoms. The number of nitrogens with zero attached hydrogens (tertiary/aromatic N) is 1. The van der Waals surface area contributed by atoms with Crippen molar-refractivity contribution in [2.24, 2.45) is 0 Å². The number of carbonyl (C=O) groups excluding carboxylic acids is 2. The van der Waals surface area contributed by atoms with Crippen LogP contribution in [0.3, 0.4) is 0 Å². The molecule has 0 unspecified atom stereocenters. The van der Waals surface area contributed by atoms with Crippen LogP contribution in [0.5, 0.6) is 0 Å². The van der Waals surface area contributed by atoms with E-state index in [0.717, 1.165) is 77.3 Å². The second kappa shape index (κ2) is 35.7. The van der Waals surface area contributed by atoms with Crippen molar-refractivity contribution in [3.8, 4) is 0 Å². The lowest BCUT2D eigenvalue weighted by Gasteiger charge is -2.21. The molecular weight excluding hydrogens is 562 g/mol. The lowest BCUT2D eigenvalue weighted by Crippen LogP contribution is -2.29. The van der Waals surface area contributed by atoms with E-state index >= 15 is 0 Å². The number of hydrogen-bond donors (Lipinski definition) is 1. The molecule has 0 amide bonds. The molecule has 0 aliphatic heterocycles. The van der Waals surface area contributed by atoms with Crippen LogP contribution in [0.15, 0.2) is 0 Å². The first kappa shape index (κ1) is 43.9. The van der Waals surface area contributed by atoms with E-state index in [9.17, 15) is 14.7 Å². The van der Waals surface area contributed by atoms with Gasteiger partial charge in [-0.2, -0.15) is 0 Å². The molecule has 0 bridgehead atoms. The van der Waals surface area contributed by atoms with Gasteiger partial charge in [-0.05, 0) is 64.5 Å². The van der Waals surface area contributed by atoms with E-state index in [4.69, 9.17) is 9.47 Å². The van der Waals surface area contributed by atoms with Crippen LogP contribution in [0, 0.1) is 0 Å². The van der Waals surface area contributed by atoms with E-state index in [-0.39, 0.29) is 24.6 Å². The van der Waals surface area contributed by atoms with Crippen molar-refractivity contribution >= 4 is 11.9 Å². The minimum atomic E-state index is -0.0952. The number of carbonyl (C=O) groups is 2. The van der Waals surface area contributed by atoms with Gasteiger partial charge in [-0.15, -0.1) is 0 Å². The summed E-state index contributed by atoms with van der Waals surface area (Å²) in [6.07, 6.45) is 31.7. The van der Waals surface area contributed by atoms with Crippen LogP contribution >= 0.6 is 0 Å². The maximum Gasteiger partial charge on any atom is 0.306 e. The molecule has 0 fully saturated rings. The molecule has 0 radical (unpaired) electrons. The third-order valence-electron chi connectivity index (χ3n) is 8.95. The van der Waals surface area contributed by atoms with Crippen molar-refractivity contribution in [1.82, 2.24) is 4.90 Å². The Labute approximate surface area is 280 Å². The summed E-state index contributed by atoms with van der Waals surface area (Å²) in [6, 6.07) is 0. The summed E-state index contributed by atoms with van der Waals surface area (Å²) in [4.78, 5) is 26.9. The largest absolute Gasteiger partial charge is 0.466 e. The summed E-state index contributed by atoms with van der Waals surface area (Å²) in [5, 5.41) is 9.46. The quantitative estimate of drug-likeness (QED) is 0.0543. The summed E-state index contributed by atoms with van der Waals surface area (Å²) in [6.45, 7) is 9.82. The fourth-order valence-corrected chi connectivity index (χ4v) is 6.01. The van der Waals surface area contributed by atoms with Gasteiger partial charge in [-0.1, -0.05) is 136 Å². The Kier molecular flexibility index (Phi) is 34.8. The first-order chi connectivity index (χ1) is 22.1. The maximum atomic E-state index is 12.6. The Morgan fingerprint density at radius 3 is 1.51 bits per heavy atom. The normalized spacial score (nSPS) is 11.5. The predicted molar refractivity (Wildman–Crippen MR) is 191 cm³/mol. The van der Waals surface area contributed by atoms with Gasteiger partial charge in [0.05, 0.1) is 13.2 Å². The van der Waals surface area contributed by atoms with Gasteiger partial charge in [0, 0.05) is 19.4 Å². The first-order valence-corrected chi connectivity index (χ1v) is 19.8. The molecule has 0 aromatic rings. The van der Waals surface area contributed by atoms with Gasteiger partial charge in [-0.3, -0.25) is 9.59 Å². The molecular formula is C39H77NO5. The van der Waals surface area contributed by atoms with Crippen molar-refractivity contribution in [1.29, 1.82) is 0 Å². The van der Waals surface area contributed by atoms with Gasteiger partial charge in [-0.25, -0.2) is 0 Å². The standard InChI is InChI=1S/C39H77NO5/c1-4-7-10-13-17-22-28-37(29-23-18-14-11-8-5-2)45-39(43)30-24-19-16-20-25-32-40(34-35-41)33-27-31-38(42)44-36-26-21-15-12-9-6-3/h37,41H,4-36H2,1-3H3. The molecule has 0 heterocycles. The maximum absolute atomic E-state index is 12.6. The van der Waals surface area contributed by atoms with Crippen LogP contribution in [0.2, 0.25) is 0 Å². The highest BCUT2D eigenvalue weighted by molar-refractivity contribution is 5.69. The van der Waals surface area contributed by atoms with Crippen LogP contribution in [0.4, 0.5) is 0 Å². The van der Waals surface area contributed by atoms with Crippen LogP contribution in [-0.2, 0) is 19.1 Å². The van der Waals surface area contributed by atoms with Crippen molar-refractivity contribution in [3.63, 3.8) is 0 Å². The Morgan fingerprint density at radius 2 is 0.956 bits per heavy atom. The molecule has 0 aromatic carbocycles. The van der Waals surface area contributed by atoms with Crippen LogP contribution < -0.4 is 0 Å². The molecule has 0 aliphatic rings. The molecule has 0 saturated heterocycles. The van der Waals surface area contributed by atoms with Gasteiger partial charge in [0.25, 0.3) is 0 Å². The summed E-state index contributed by atoms with van der Waals surface area (Å²) >= 11 is 0. The second-order valence-electron chi connectivity index (χ2n) is 13.4. The lowest BCUT2D eigenvalue weighted by molar-refractivity contribution is -0.150.